The molecular weight excluding hydrogens is 272 g/mol. The van der Waals surface area contributed by atoms with E-state index in [1.807, 2.05) is 11.8 Å². The van der Waals surface area contributed by atoms with Crippen LogP contribution < -0.4 is 5.73 Å². The Hall–Kier alpha value is -1.06. The molecule has 112 valence electrons. The zero-order valence-electron chi connectivity index (χ0n) is 12.3. The van der Waals surface area contributed by atoms with Crippen molar-refractivity contribution >= 4 is 18.3 Å². The summed E-state index contributed by atoms with van der Waals surface area (Å²) in [5, 5.41) is 0. The SMILES string of the molecule is CC(N)CC(=O)N1CCC(c2ccccc2)C(C)C1.Cl. The number of hydrogen-bond acceptors (Lipinski definition) is 2. The Labute approximate surface area is 127 Å². The second-order valence-corrected chi connectivity index (χ2v) is 5.80. The standard InChI is InChI=1S/C16H24N2O.ClH/c1-12-11-18(16(19)10-13(2)17)9-8-15(12)14-6-4-3-5-7-14;/h3-7,12-13,15H,8-11,17H2,1-2H3;1H. The van der Waals surface area contributed by atoms with Crippen LogP contribution in [0.3, 0.4) is 0 Å². The first-order valence-corrected chi connectivity index (χ1v) is 7.16. The summed E-state index contributed by atoms with van der Waals surface area (Å²) < 4.78 is 0. The van der Waals surface area contributed by atoms with Crippen LogP contribution in [0.4, 0.5) is 0 Å². The van der Waals surface area contributed by atoms with E-state index in [1.54, 1.807) is 0 Å². The Balaban J connectivity index is 0.00000200. The molecule has 3 unspecified atom stereocenters. The molecule has 3 atom stereocenters. The number of hydrogen-bond donors (Lipinski definition) is 1. The quantitative estimate of drug-likeness (QED) is 0.932. The van der Waals surface area contributed by atoms with E-state index >= 15 is 0 Å². The maximum absolute atomic E-state index is 12.0. The van der Waals surface area contributed by atoms with Crippen molar-refractivity contribution in [3.63, 3.8) is 0 Å². The summed E-state index contributed by atoms with van der Waals surface area (Å²) in [6.07, 6.45) is 1.51. The van der Waals surface area contributed by atoms with Gasteiger partial charge in [0, 0.05) is 25.6 Å². The van der Waals surface area contributed by atoms with E-state index in [9.17, 15) is 4.79 Å². The van der Waals surface area contributed by atoms with Crippen molar-refractivity contribution < 1.29 is 4.79 Å². The molecule has 2 N–H and O–H groups in total. The zero-order chi connectivity index (χ0) is 13.8. The molecule has 1 fully saturated rings. The molecule has 1 saturated heterocycles. The summed E-state index contributed by atoms with van der Waals surface area (Å²) in [6.45, 7) is 5.83. The van der Waals surface area contributed by atoms with E-state index in [2.05, 4.69) is 37.3 Å². The highest BCUT2D eigenvalue weighted by atomic mass is 35.5. The van der Waals surface area contributed by atoms with E-state index in [1.165, 1.54) is 5.56 Å². The number of likely N-dealkylation sites (tertiary alicyclic amines) is 1. The summed E-state index contributed by atoms with van der Waals surface area (Å²) in [4.78, 5) is 14.0. The number of carbonyl (C=O) groups excluding carboxylic acids is 1. The second-order valence-electron chi connectivity index (χ2n) is 5.80. The van der Waals surface area contributed by atoms with Crippen molar-refractivity contribution in [3.8, 4) is 0 Å². The van der Waals surface area contributed by atoms with Gasteiger partial charge >= 0.3 is 0 Å². The molecule has 1 heterocycles. The molecule has 0 radical (unpaired) electrons. The fourth-order valence-corrected chi connectivity index (χ4v) is 2.97. The van der Waals surface area contributed by atoms with Crippen LogP contribution in [0.5, 0.6) is 0 Å². The van der Waals surface area contributed by atoms with E-state index in [0.717, 1.165) is 19.5 Å². The minimum Gasteiger partial charge on any atom is -0.342 e. The highest BCUT2D eigenvalue weighted by molar-refractivity contribution is 5.85. The Bertz CT molecular complexity index is 422. The molecule has 0 aliphatic carbocycles. The lowest BCUT2D eigenvalue weighted by molar-refractivity contribution is -0.133. The van der Waals surface area contributed by atoms with Crippen LogP contribution in [0.25, 0.3) is 0 Å². The minimum atomic E-state index is -0.0466. The third-order valence-electron chi connectivity index (χ3n) is 3.98. The van der Waals surface area contributed by atoms with Crippen LogP contribution in [0.1, 0.15) is 38.2 Å². The number of amides is 1. The van der Waals surface area contributed by atoms with Gasteiger partial charge in [-0.1, -0.05) is 37.3 Å². The average Bonchev–Trinajstić information content (AvgIpc) is 2.38. The van der Waals surface area contributed by atoms with Gasteiger partial charge in [0.25, 0.3) is 0 Å². The summed E-state index contributed by atoms with van der Waals surface area (Å²) in [5.41, 5.74) is 7.10. The number of benzene rings is 1. The Kier molecular flexibility index (Phi) is 6.50. The van der Waals surface area contributed by atoms with Gasteiger partial charge in [-0.15, -0.1) is 12.4 Å². The van der Waals surface area contributed by atoms with Crippen molar-refractivity contribution in [2.75, 3.05) is 13.1 Å². The minimum absolute atomic E-state index is 0. The Morgan fingerprint density at radius 3 is 2.60 bits per heavy atom. The van der Waals surface area contributed by atoms with E-state index in [0.29, 0.717) is 18.3 Å². The molecule has 0 bridgehead atoms. The van der Waals surface area contributed by atoms with Crippen molar-refractivity contribution in [1.82, 2.24) is 4.90 Å². The first-order valence-electron chi connectivity index (χ1n) is 7.16. The lowest BCUT2D eigenvalue weighted by atomic mass is 9.81. The summed E-state index contributed by atoms with van der Waals surface area (Å²) in [6, 6.07) is 10.6. The Morgan fingerprint density at radius 2 is 2.05 bits per heavy atom. The number of carbonyl (C=O) groups is 1. The molecule has 4 heteroatoms. The predicted molar refractivity (Wildman–Crippen MR) is 85.1 cm³/mol. The lowest BCUT2D eigenvalue weighted by Crippen LogP contribution is -2.43. The second kappa shape index (κ2) is 7.65. The van der Waals surface area contributed by atoms with Gasteiger partial charge in [0.2, 0.25) is 5.91 Å². The molecular formula is C16H25ClN2O. The molecule has 2 rings (SSSR count). The molecule has 1 aliphatic heterocycles. The molecule has 20 heavy (non-hydrogen) atoms. The third kappa shape index (κ3) is 4.22. The van der Waals surface area contributed by atoms with Crippen LogP contribution in [0.15, 0.2) is 30.3 Å². The largest absolute Gasteiger partial charge is 0.342 e. The van der Waals surface area contributed by atoms with Crippen molar-refractivity contribution in [1.29, 1.82) is 0 Å². The van der Waals surface area contributed by atoms with Crippen molar-refractivity contribution in [2.45, 2.75) is 38.6 Å². The first-order chi connectivity index (χ1) is 9.08. The van der Waals surface area contributed by atoms with Gasteiger partial charge in [0.1, 0.15) is 0 Å². The molecule has 0 spiro atoms. The van der Waals surface area contributed by atoms with Gasteiger partial charge in [-0.3, -0.25) is 4.79 Å². The van der Waals surface area contributed by atoms with Gasteiger partial charge in [-0.05, 0) is 30.7 Å². The molecule has 1 amide bonds. The number of rotatable bonds is 3. The zero-order valence-corrected chi connectivity index (χ0v) is 13.1. The summed E-state index contributed by atoms with van der Waals surface area (Å²) in [5.74, 6) is 1.28. The molecule has 1 aromatic carbocycles. The molecule has 1 aliphatic rings. The van der Waals surface area contributed by atoms with Gasteiger partial charge in [-0.2, -0.15) is 0 Å². The molecule has 0 aromatic heterocycles. The van der Waals surface area contributed by atoms with Crippen LogP contribution in [-0.4, -0.2) is 29.9 Å². The fraction of sp³-hybridized carbons (Fsp3) is 0.562. The van der Waals surface area contributed by atoms with Crippen LogP contribution >= 0.6 is 12.4 Å². The van der Waals surface area contributed by atoms with Gasteiger partial charge in [-0.25, -0.2) is 0 Å². The fourth-order valence-electron chi connectivity index (χ4n) is 2.97. The van der Waals surface area contributed by atoms with E-state index in [-0.39, 0.29) is 24.4 Å². The third-order valence-corrected chi connectivity index (χ3v) is 3.98. The normalized spacial score (nSPS) is 23.9. The number of halogens is 1. The van der Waals surface area contributed by atoms with Gasteiger partial charge in [0.15, 0.2) is 0 Å². The van der Waals surface area contributed by atoms with E-state index in [4.69, 9.17) is 5.73 Å². The van der Waals surface area contributed by atoms with Crippen molar-refractivity contribution in [2.24, 2.45) is 11.7 Å². The molecule has 0 saturated carbocycles. The molecule has 3 nitrogen and oxygen atoms in total. The summed E-state index contributed by atoms with van der Waals surface area (Å²) in [7, 11) is 0. The highest BCUT2D eigenvalue weighted by Crippen LogP contribution is 2.32. The average molecular weight is 297 g/mol. The maximum atomic E-state index is 12.0. The Morgan fingerprint density at radius 1 is 1.40 bits per heavy atom. The highest BCUT2D eigenvalue weighted by Gasteiger charge is 2.29. The van der Waals surface area contributed by atoms with Gasteiger partial charge in [0.05, 0.1) is 0 Å². The van der Waals surface area contributed by atoms with Crippen LogP contribution in [-0.2, 0) is 4.79 Å². The monoisotopic (exact) mass is 296 g/mol. The predicted octanol–water partition coefficient (Wildman–Crippen LogP) is 2.80. The maximum Gasteiger partial charge on any atom is 0.224 e. The number of nitrogens with two attached hydrogens (primary N) is 1. The van der Waals surface area contributed by atoms with E-state index < -0.39 is 0 Å². The number of nitrogens with zero attached hydrogens (tertiary/aromatic N) is 1. The smallest absolute Gasteiger partial charge is 0.224 e. The summed E-state index contributed by atoms with van der Waals surface area (Å²) >= 11 is 0. The first kappa shape index (κ1) is 17.0. The lowest BCUT2D eigenvalue weighted by Gasteiger charge is -2.37. The van der Waals surface area contributed by atoms with Crippen molar-refractivity contribution in [3.05, 3.63) is 35.9 Å². The van der Waals surface area contributed by atoms with Gasteiger partial charge < -0.3 is 10.6 Å². The molecule has 1 aromatic rings. The number of piperidine rings is 1. The van der Waals surface area contributed by atoms with Crippen LogP contribution in [0, 0.1) is 5.92 Å². The van der Waals surface area contributed by atoms with Crippen LogP contribution in [0.2, 0.25) is 0 Å². The topological polar surface area (TPSA) is 46.3 Å².